The van der Waals surface area contributed by atoms with Crippen molar-refractivity contribution < 1.29 is 14.3 Å². The lowest BCUT2D eigenvalue weighted by Crippen LogP contribution is -2.13. The van der Waals surface area contributed by atoms with Gasteiger partial charge in [-0.25, -0.2) is 0 Å². The third-order valence-corrected chi connectivity index (χ3v) is 6.06. The Morgan fingerprint density at radius 1 is 0.679 bits per heavy atom. The molecule has 168 valence electrons. The second-order valence-electron chi connectivity index (χ2n) is 7.92. The van der Waals surface area contributed by atoms with Crippen molar-refractivity contribution in [3.05, 3.63) is 0 Å². The second-order valence-corrected chi connectivity index (χ2v) is 9.21. The first kappa shape index (κ1) is 27.8. The summed E-state index contributed by atoms with van der Waals surface area (Å²) in [6.45, 7) is 7.74. The minimum atomic E-state index is -0.120. The summed E-state index contributed by atoms with van der Waals surface area (Å²) >= 11 is 1.53. The van der Waals surface area contributed by atoms with Crippen LogP contribution in [0.1, 0.15) is 124 Å². The van der Waals surface area contributed by atoms with Crippen molar-refractivity contribution in [2.75, 3.05) is 19.0 Å². The summed E-state index contributed by atoms with van der Waals surface area (Å²) in [7, 11) is 0. The molecule has 0 saturated heterocycles. The van der Waals surface area contributed by atoms with Gasteiger partial charge in [0.2, 0.25) is 0 Å². The smallest absolute Gasteiger partial charge is 0.315 e. The molecule has 4 heteroatoms. The van der Waals surface area contributed by atoms with Crippen LogP contribution in [0.5, 0.6) is 0 Å². The van der Waals surface area contributed by atoms with Crippen LogP contribution in [0.15, 0.2) is 0 Å². The Labute approximate surface area is 180 Å². The van der Waals surface area contributed by atoms with Crippen LogP contribution < -0.4 is 0 Å². The lowest BCUT2D eigenvalue weighted by molar-refractivity contribution is -0.140. The lowest BCUT2D eigenvalue weighted by Gasteiger charge is -2.12. The number of rotatable bonds is 22. The lowest BCUT2D eigenvalue weighted by atomic mass is 10.0. The van der Waals surface area contributed by atoms with Crippen molar-refractivity contribution in [1.82, 2.24) is 0 Å². The first-order chi connectivity index (χ1) is 13.7. The third kappa shape index (κ3) is 22.1. The Morgan fingerprint density at radius 3 is 1.64 bits per heavy atom. The van der Waals surface area contributed by atoms with Crippen LogP contribution in [0, 0.1) is 0 Å². The van der Waals surface area contributed by atoms with Gasteiger partial charge in [-0.15, -0.1) is 11.8 Å². The maximum Gasteiger partial charge on any atom is 0.315 e. The molecule has 1 unspecified atom stereocenters. The van der Waals surface area contributed by atoms with Gasteiger partial charge in [0.05, 0.1) is 12.4 Å². The molecule has 0 heterocycles. The van der Waals surface area contributed by atoms with E-state index < -0.39 is 0 Å². The predicted molar refractivity (Wildman–Crippen MR) is 124 cm³/mol. The molecule has 0 aromatic rings. The molecule has 0 aliphatic rings. The zero-order valence-electron chi connectivity index (χ0n) is 19.1. The average molecular weight is 417 g/mol. The summed E-state index contributed by atoms with van der Waals surface area (Å²) in [6, 6.07) is 0. The predicted octanol–water partition coefficient (Wildman–Crippen LogP) is 7.91. The molecule has 3 nitrogen and oxygen atoms in total. The molecular weight excluding hydrogens is 368 g/mol. The molecule has 28 heavy (non-hydrogen) atoms. The van der Waals surface area contributed by atoms with Gasteiger partial charge in [-0.1, -0.05) is 104 Å². The third-order valence-electron chi connectivity index (χ3n) is 5.05. The van der Waals surface area contributed by atoms with Crippen molar-refractivity contribution in [1.29, 1.82) is 0 Å². The monoisotopic (exact) mass is 416 g/mol. The molecule has 0 rings (SSSR count). The van der Waals surface area contributed by atoms with Crippen LogP contribution in [0.3, 0.4) is 0 Å². The van der Waals surface area contributed by atoms with E-state index in [1.807, 2.05) is 6.92 Å². The highest BCUT2D eigenvalue weighted by molar-refractivity contribution is 8.00. The Hall–Kier alpha value is -0.220. The maximum atomic E-state index is 11.5. The fourth-order valence-electron chi connectivity index (χ4n) is 3.15. The first-order valence-electron chi connectivity index (χ1n) is 12.1. The number of thioether (sulfide) groups is 1. The highest BCUT2D eigenvalue weighted by Crippen LogP contribution is 2.15. The Kier molecular flexibility index (Phi) is 22.9. The summed E-state index contributed by atoms with van der Waals surface area (Å²) in [5, 5.41) is 0. The van der Waals surface area contributed by atoms with E-state index in [0.717, 1.165) is 25.9 Å². The number of ether oxygens (including phenoxy) is 2. The average Bonchev–Trinajstić information content (AvgIpc) is 2.69. The van der Waals surface area contributed by atoms with Gasteiger partial charge >= 0.3 is 5.97 Å². The maximum absolute atomic E-state index is 11.5. The Morgan fingerprint density at radius 2 is 1.14 bits per heavy atom. The van der Waals surface area contributed by atoms with E-state index in [9.17, 15) is 4.79 Å². The number of carbonyl (C=O) groups is 1. The zero-order chi connectivity index (χ0) is 20.7. The van der Waals surface area contributed by atoms with Crippen LogP contribution in [-0.2, 0) is 14.3 Å². The van der Waals surface area contributed by atoms with Crippen LogP contribution >= 0.6 is 11.8 Å². The fourth-order valence-corrected chi connectivity index (χ4v) is 3.80. The van der Waals surface area contributed by atoms with Gasteiger partial charge < -0.3 is 9.47 Å². The number of unbranched alkanes of at least 4 members (excludes halogenated alkanes) is 14. The van der Waals surface area contributed by atoms with E-state index in [-0.39, 0.29) is 11.4 Å². The molecule has 0 spiro atoms. The SMILES string of the molecule is CCCCCCCCCCCCCCCCOC(C)SCC(=O)OCCCC. The zero-order valence-corrected chi connectivity index (χ0v) is 20.0. The summed E-state index contributed by atoms with van der Waals surface area (Å²) < 4.78 is 10.9. The molecule has 0 radical (unpaired) electrons. The van der Waals surface area contributed by atoms with Crippen LogP contribution in [0.2, 0.25) is 0 Å². The Bertz CT molecular complexity index is 323. The molecule has 0 aliphatic carbocycles. The highest BCUT2D eigenvalue weighted by atomic mass is 32.2. The first-order valence-corrected chi connectivity index (χ1v) is 13.1. The molecule has 0 aliphatic heterocycles. The molecule has 0 amide bonds. The summed E-state index contributed by atoms with van der Waals surface area (Å²) in [5.74, 6) is 0.272. The number of hydrogen-bond donors (Lipinski definition) is 0. The molecular formula is C24H48O3S. The van der Waals surface area contributed by atoms with Gasteiger partial charge in [0.15, 0.2) is 0 Å². The van der Waals surface area contributed by atoms with E-state index in [4.69, 9.17) is 9.47 Å². The molecule has 0 N–H and O–H groups in total. The minimum absolute atomic E-state index is 0.0701. The van der Waals surface area contributed by atoms with Gasteiger partial charge in [-0.05, 0) is 19.8 Å². The van der Waals surface area contributed by atoms with E-state index in [2.05, 4.69) is 13.8 Å². The summed E-state index contributed by atoms with van der Waals surface area (Å²) in [6.07, 6.45) is 21.2. The Balaban J connectivity index is 3.21. The van der Waals surface area contributed by atoms with Crippen molar-refractivity contribution in [3.8, 4) is 0 Å². The van der Waals surface area contributed by atoms with Crippen LogP contribution in [-0.4, -0.2) is 30.4 Å². The van der Waals surface area contributed by atoms with Crippen molar-refractivity contribution in [3.63, 3.8) is 0 Å². The second kappa shape index (κ2) is 23.1. The largest absolute Gasteiger partial charge is 0.465 e. The fraction of sp³-hybridized carbons (Fsp3) is 0.958. The molecule has 0 bridgehead atoms. The quantitative estimate of drug-likeness (QED) is 0.102. The van der Waals surface area contributed by atoms with E-state index in [1.165, 1.54) is 95.2 Å². The molecule has 1 atom stereocenters. The van der Waals surface area contributed by atoms with Crippen LogP contribution in [0.25, 0.3) is 0 Å². The standard InChI is InChI=1S/C24H48O3S/c1-4-6-8-9-10-11-12-13-14-15-16-17-18-19-21-26-23(3)28-22-24(25)27-20-7-5-2/h23H,4-22H2,1-3H3. The molecule has 0 fully saturated rings. The highest BCUT2D eigenvalue weighted by Gasteiger charge is 2.08. The van der Waals surface area contributed by atoms with Gasteiger partial charge in [0, 0.05) is 6.61 Å². The molecule has 0 saturated carbocycles. The van der Waals surface area contributed by atoms with E-state index in [1.54, 1.807) is 0 Å². The summed E-state index contributed by atoms with van der Waals surface area (Å²) in [5.41, 5.74) is 0.0701. The molecule has 0 aromatic heterocycles. The minimum Gasteiger partial charge on any atom is -0.465 e. The molecule has 0 aromatic carbocycles. The number of esters is 1. The van der Waals surface area contributed by atoms with E-state index >= 15 is 0 Å². The van der Waals surface area contributed by atoms with Gasteiger partial charge in [-0.2, -0.15) is 0 Å². The van der Waals surface area contributed by atoms with Gasteiger partial charge in [0.1, 0.15) is 5.44 Å². The van der Waals surface area contributed by atoms with Crippen molar-refractivity contribution in [2.45, 2.75) is 129 Å². The number of carbonyl (C=O) groups excluding carboxylic acids is 1. The van der Waals surface area contributed by atoms with Crippen molar-refractivity contribution in [2.24, 2.45) is 0 Å². The summed E-state index contributed by atoms with van der Waals surface area (Å²) in [4.78, 5) is 11.5. The van der Waals surface area contributed by atoms with Gasteiger partial charge in [0.25, 0.3) is 0 Å². The topological polar surface area (TPSA) is 35.5 Å². The van der Waals surface area contributed by atoms with Crippen molar-refractivity contribution >= 4 is 17.7 Å². The number of hydrogen-bond acceptors (Lipinski definition) is 4. The van der Waals surface area contributed by atoms with Gasteiger partial charge in [-0.3, -0.25) is 4.79 Å². The van der Waals surface area contributed by atoms with E-state index in [0.29, 0.717) is 12.4 Å². The van der Waals surface area contributed by atoms with Crippen LogP contribution in [0.4, 0.5) is 0 Å². The normalized spacial score (nSPS) is 12.2.